The molecular formula is C18H32N2. The van der Waals surface area contributed by atoms with Crippen molar-refractivity contribution in [1.82, 2.24) is 0 Å². The topological polar surface area (TPSA) is 38.0 Å². The molecule has 0 saturated carbocycles. The minimum absolute atomic E-state index is 0.720. The zero-order valence-corrected chi connectivity index (χ0v) is 13.3. The van der Waals surface area contributed by atoms with Crippen LogP contribution in [0.5, 0.6) is 0 Å². The molecule has 0 saturated heterocycles. The molecule has 2 nitrogen and oxygen atoms in total. The first-order valence-electron chi connectivity index (χ1n) is 8.38. The first kappa shape index (κ1) is 17.0. The number of benzene rings is 1. The summed E-state index contributed by atoms with van der Waals surface area (Å²) in [5.41, 5.74) is 5.16. The van der Waals surface area contributed by atoms with Crippen LogP contribution in [0.2, 0.25) is 0 Å². The second kappa shape index (κ2) is 10.7. The van der Waals surface area contributed by atoms with Crippen LogP contribution in [0.25, 0.3) is 0 Å². The second-order valence-corrected chi connectivity index (χ2v) is 5.81. The van der Waals surface area contributed by atoms with E-state index in [0.29, 0.717) is 0 Å². The van der Waals surface area contributed by atoms with E-state index in [0.717, 1.165) is 11.6 Å². The Labute approximate surface area is 125 Å². The maximum Gasteiger partial charge on any atom is 0.0485 e. The van der Waals surface area contributed by atoms with Crippen LogP contribution in [0, 0.1) is 0 Å². The number of rotatable bonds is 11. The van der Waals surface area contributed by atoms with E-state index in [1.807, 2.05) is 0 Å². The Morgan fingerprint density at radius 1 is 0.850 bits per heavy atom. The highest BCUT2D eigenvalue weighted by Crippen LogP contribution is 2.28. The molecule has 3 N–H and O–H groups in total. The van der Waals surface area contributed by atoms with Gasteiger partial charge in [-0.3, -0.25) is 5.84 Å². The Hall–Kier alpha value is -1.02. The summed E-state index contributed by atoms with van der Waals surface area (Å²) in [5, 5.41) is 0. The highest BCUT2D eigenvalue weighted by molar-refractivity contribution is 5.43. The van der Waals surface area contributed by atoms with Crippen molar-refractivity contribution in [2.45, 2.75) is 77.6 Å². The van der Waals surface area contributed by atoms with Crippen molar-refractivity contribution in [3.63, 3.8) is 0 Å². The summed E-state index contributed by atoms with van der Waals surface area (Å²) < 4.78 is 0. The van der Waals surface area contributed by atoms with Crippen LogP contribution in [0.1, 0.15) is 83.1 Å². The van der Waals surface area contributed by atoms with E-state index >= 15 is 0 Å². The molecule has 0 aromatic heterocycles. The van der Waals surface area contributed by atoms with Gasteiger partial charge in [-0.1, -0.05) is 70.9 Å². The van der Waals surface area contributed by atoms with E-state index in [9.17, 15) is 0 Å². The van der Waals surface area contributed by atoms with E-state index in [-0.39, 0.29) is 0 Å². The Morgan fingerprint density at radius 3 is 2.10 bits per heavy atom. The Balaban J connectivity index is 2.38. The summed E-state index contributed by atoms with van der Waals surface area (Å²) in [6.45, 7) is 4.56. The van der Waals surface area contributed by atoms with Crippen LogP contribution in [-0.4, -0.2) is 0 Å². The van der Waals surface area contributed by atoms with Gasteiger partial charge >= 0.3 is 0 Å². The van der Waals surface area contributed by atoms with Gasteiger partial charge in [0.15, 0.2) is 0 Å². The predicted octanol–water partition coefficient (Wildman–Crippen LogP) is 5.61. The highest BCUT2D eigenvalue weighted by atomic mass is 15.2. The number of nitrogen functional groups attached to an aromatic ring is 1. The molecule has 0 heterocycles. The van der Waals surface area contributed by atoms with Gasteiger partial charge in [0.1, 0.15) is 0 Å². The van der Waals surface area contributed by atoms with Gasteiger partial charge in [-0.2, -0.15) is 0 Å². The van der Waals surface area contributed by atoms with Gasteiger partial charge in [0.05, 0.1) is 0 Å². The van der Waals surface area contributed by atoms with Crippen LogP contribution in [-0.2, 0) is 0 Å². The lowest BCUT2D eigenvalue weighted by Gasteiger charge is -2.17. The van der Waals surface area contributed by atoms with Crippen molar-refractivity contribution in [2.75, 3.05) is 5.43 Å². The van der Waals surface area contributed by atoms with Crippen molar-refractivity contribution in [3.8, 4) is 0 Å². The molecule has 0 aliphatic carbocycles. The fraction of sp³-hybridized carbons (Fsp3) is 0.667. The number of hydrazine groups is 1. The average Bonchev–Trinajstić information content (AvgIpc) is 2.50. The van der Waals surface area contributed by atoms with E-state index in [1.165, 1.54) is 63.4 Å². The van der Waals surface area contributed by atoms with Crippen molar-refractivity contribution < 1.29 is 0 Å². The summed E-state index contributed by atoms with van der Waals surface area (Å²) in [6.07, 6.45) is 12.2. The predicted molar refractivity (Wildman–Crippen MR) is 89.9 cm³/mol. The zero-order valence-electron chi connectivity index (χ0n) is 13.3. The molecule has 2 heteroatoms. The Bertz CT molecular complexity index is 332. The van der Waals surface area contributed by atoms with Crippen LogP contribution in [0.4, 0.5) is 5.69 Å². The number of unbranched alkanes of at least 4 members (excludes halogenated alkanes) is 5. The molecule has 1 atom stereocenters. The van der Waals surface area contributed by atoms with Crippen molar-refractivity contribution in [1.29, 1.82) is 0 Å². The van der Waals surface area contributed by atoms with Crippen LogP contribution < -0.4 is 11.3 Å². The lowest BCUT2D eigenvalue weighted by molar-refractivity contribution is 0.512. The van der Waals surface area contributed by atoms with Gasteiger partial charge in [-0.15, -0.1) is 0 Å². The molecule has 0 spiro atoms. The smallest absolute Gasteiger partial charge is 0.0485 e. The number of anilines is 1. The fourth-order valence-corrected chi connectivity index (χ4v) is 2.85. The third-order valence-corrected chi connectivity index (χ3v) is 4.09. The van der Waals surface area contributed by atoms with Crippen molar-refractivity contribution in [2.24, 2.45) is 5.84 Å². The second-order valence-electron chi connectivity index (χ2n) is 5.81. The molecule has 1 aromatic carbocycles. The van der Waals surface area contributed by atoms with Gasteiger partial charge in [0.25, 0.3) is 0 Å². The normalized spacial score (nSPS) is 12.3. The maximum atomic E-state index is 5.42. The van der Waals surface area contributed by atoms with E-state index in [1.54, 1.807) is 0 Å². The van der Waals surface area contributed by atoms with Crippen molar-refractivity contribution >= 4 is 5.69 Å². The summed E-state index contributed by atoms with van der Waals surface area (Å²) in [7, 11) is 0. The molecular weight excluding hydrogens is 244 g/mol. The van der Waals surface area contributed by atoms with Gasteiger partial charge < -0.3 is 5.43 Å². The number of nitrogens with one attached hydrogen (secondary N) is 1. The molecule has 0 aliphatic rings. The molecule has 1 rings (SSSR count). The van der Waals surface area contributed by atoms with Gasteiger partial charge in [-0.25, -0.2) is 0 Å². The minimum Gasteiger partial charge on any atom is -0.324 e. The standard InChI is InChI=1S/C18H32N2/c1-3-5-6-7-8-9-11-16(10-4-2)17-12-14-18(20-19)15-13-17/h12-16,20H,3-11,19H2,1-2H3. The molecule has 0 fully saturated rings. The molecule has 114 valence electrons. The summed E-state index contributed by atoms with van der Waals surface area (Å²) in [5.74, 6) is 6.14. The average molecular weight is 276 g/mol. The van der Waals surface area contributed by atoms with Crippen LogP contribution >= 0.6 is 0 Å². The van der Waals surface area contributed by atoms with E-state index < -0.39 is 0 Å². The van der Waals surface area contributed by atoms with E-state index in [2.05, 4.69) is 43.5 Å². The van der Waals surface area contributed by atoms with Gasteiger partial charge in [0, 0.05) is 5.69 Å². The minimum atomic E-state index is 0.720. The molecule has 0 radical (unpaired) electrons. The van der Waals surface area contributed by atoms with Crippen molar-refractivity contribution in [3.05, 3.63) is 29.8 Å². The number of hydrogen-bond donors (Lipinski definition) is 2. The summed E-state index contributed by atoms with van der Waals surface area (Å²) in [6, 6.07) is 8.62. The lowest BCUT2D eigenvalue weighted by Crippen LogP contribution is -2.07. The highest BCUT2D eigenvalue weighted by Gasteiger charge is 2.10. The SMILES string of the molecule is CCCCCCCCC(CCC)c1ccc(NN)cc1. The molecule has 0 aliphatic heterocycles. The number of hydrogen-bond acceptors (Lipinski definition) is 2. The lowest BCUT2D eigenvalue weighted by atomic mass is 9.89. The first-order valence-corrected chi connectivity index (χ1v) is 8.38. The molecule has 20 heavy (non-hydrogen) atoms. The van der Waals surface area contributed by atoms with Gasteiger partial charge in [0.2, 0.25) is 0 Å². The Kier molecular flexibility index (Phi) is 9.14. The fourth-order valence-electron chi connectivity index (χ4n) is 2.85. The quantitative estimate of drug-likeness (QED) is 0.313. The van der Waals surface area contributed by atoms with Gasteiger partial charge in [-0.05, 0) is 36.5 Å². The summed E-state index contributed by atoms with van der Waals surface area (Å²) >= 11 is 0. The largest absolute Gasteiger partial charge is 0.324 e. The maximum absolute atomic E-state index is 5.42. The van der Waals surface area contributed by atoms with E-state index in [4.69, 9.17) is 5.84 Å². The van der Waals surface area contributed by atoms with Crippen LogP contribution in [0.3, 0.4) is 0 Å². The zero-order chi connectivity index (χ0) is 14.6. The molecule has 1 unspecified atom stereocenters. The number of nitrogens with two attached hydrogens (primary N) is 1. The molecule has 0 bridgehead atoms. The monoisotopic (exact) mass is 276 g/mol. The first-order chi connectivity index (χ1) is 9.81. The third-order valence-electron chi connectivity index (χ3n) is 4.09. The molecule has 1 aromatic rings. The Morgan fingerprint density at radius 2 is 1.50 bits per heavy atom. The van der Waals surface area contributed by atoms with Crippen LogP contribution in [0.15, 0.2) is 24.3 Å². The third kappa shape index (κ3) is 6.42. The summed E-state index contributed by atoms with van der Waals surface area (Å²) in [4.78, 5) is 0. The molecule has 0 amide bonds.